The second-order valence-corrected chi connectivity index (χ2v) is 8.33. The highest BCUT2D eigenvalue weighted by Gasteiger charge is 2.40. The number of nitrogens with one attached hydrogen (secondary N) is 3. The number of anilines is 3. The number of carbonyl (C=O) groups excluding carboxylic acids is 1. The van der Waals surface area contributed by atoms with E-state index in [1.807, 2.05) is 0 Å². The first-order chi connectivity index (χ1) is 17.0. The number of rotatable bonds is 9. The zero-order chi connectivity index (χ0) is 25.1. The van der Waals surface area contributed by atoms with E-state index in [2.05, 4.69) is 50.8 Å². The molecule has 1 atom stereocenters. The molecule has 0 saturated carbocycles. The second-order valence-electron chi connectivity index (χ2n) is 8.33. The largest absolute Gasteiger partial charge is 0.369 e. The summed E-state index contributed by atoms with van der Waals surface area (Å²) in [4.78, 5) is 22.5. The standard InChI is InChI=1S/C25H30BN7O2/c1-2-14-28-22-20(18-30-24(32-22)31-21-11-9-19(17-27)10-12-21)8-4-3-6-15-29-23(34)25(35)13-5-7-16-33(25)26/h9-12,18,35H,2-3,5-7,13-16H2,1H3,(H,29,34)(H2,28,30,31,32)/t25-/m1/s1. The van der Waals surface area contributed by atoms with Crippen molar-refractivity contribution in [2.45, 2.75) is 51.2 Å². The Labute approximate surface area is 207 Å². The van der Waals surface area contributed by atoms with Crippen LogP contribution >= 0.6 is 0 Å². The van der Waals surface area contributed by atoms with Gasteiger partial charge < -0.3 is 25.9 Å². The molecule has 0 spiro atoms. The van der Waals surface area contributed by atoms with Crippen molar-refractivity contribution in [2.24, 2.45) is 0 Å². The van der Waals surface area contributed by atoms with Gasteiger partial charge in [0.1, 0.15) is 5.82 Å². The Hall–Kier alpha value is -3.60. The molecule has 35 heavy (non-hydrogen) atoms. The summed E-state index contributed by atoms with van der Waals surface area (Å²) in [5.74, 6) is 6.81. The lowest BCUT2D eigenvalue weighted by atomic mass is 9.94. The van der Waals surface area contributed by atoms with Crippen LogP contribution < -0.4 is 16.0 Å². The maximum absolute atomic E-state index is 12.4. The van der Waals surface area contributed by atoms with Gasteiger partial charge in [-0.2, -0.15) is 10.2 Å². The number of amides is 1. The van der Waals surface area contributed by atoms with Gasteiger partial charge in [0.05, 0.1) is 23.4 Å². The van der Waals surface area contributed by atoms with Crippen molar-refractivity contribution in [1.82, 2.24) is 20.1 Å². The third-order valence-corrected chi connectivity index (χ3v) is 5.60. The van der Waals surface area contributed by atoms with E-state index in [-0.39, 0.29) is 0 Å². The van der Waals surface area contributed by atoms with E-state index in [0.717, 1.165) is 31.5 Å². The lowest BCUT2D eigenvalue weighted by Crippen LogP contribution is -2.60. The van der Waals surface area contributed by atoms with E-state index < -0.39 is 11.6 Å². The zero-order valence-electron chi connectivity index (χ0n) is 20.0. The van der Waals surface area contributed by atoms with Gasteiger partial charge >= 0.3 is 0 Å². The van der Waals surface area contributed by atoms with Crippen LogP contribution in [0.5, 0.6) is 0 Å². The van der Waals surface area contributed by atoms with Gasteiger partial charge in [-0.15, -0.1) is 0 Å². The van der Waals surface area contributed by atoms with Crippen LogP contribution in [0, 0.1) is 23.2 Å². The minimum atomic E-state index is -1.63. The molecule has 9 nitrogen and oxygen atoms in total. The van der Waals surface area contributed by atoms with Crippen LogP contribution in [0.2, 0.25) is 0 Å². The molecule has 10 heteroatoms. The molecule has 3 rings (SSSR count). The van der Waals surface area contributed by atoms with E-state index in [1.165, 1.54) is 4.81 Å². The summed E-state index contributed by atoms with van der Waals surface area (Å²) >= 11 is 0. The number of piperidine rings is 1. The number of nitrogens with zero attached hydrogens (tertiary/aromatic N) is 4. The monoisotopic (exact) mass is 471 g/mol. The molecule has 180 valence electrons. The molecule has 0 bridgehead atoms. The van der Waals surface area contributed by atoms with Crippen molar-refractivity contribution in [3.63, 3.8) is 0 Å². The number of nitriles is 1. The summed E-state index contributed by atoms with van der Waals surface area (Å²) < 4.78 is 0. The Morgan fingerprint density at radius 1 is 1.29 bits per heavy atom. The van der Waals surface area contributed by atoms with Crippen LogP contribution in [-0.4, -0.2) is 59.1 Å². The second kappa shape index (κ2) is 12.8. The maximum atomic E-state index is 12.4. The molecule has 1 fully saturated rings. The highest BCUT2D eigenvalue weighted by atomic mass is 16.3. The average molecular weight is 471 g/mol. The summed E-state index contributed by atoms with van der Waals surface area (Å²) in [6.07, 6.45) is 5.76. The average Bonchev–Trinajstić information content (AvgIpc) is 2.87. The van der Waals surface area contributed by atoms with E-state index >= 15 is 0 Å². The van der Waals surface area contributed by atoms with Gasteiger partial charge in [-0.25, -0.2) is 4.98 Å². The first-order valence-electron chi connectivity index (χ1n) is 11.9. The summed E-state index contributed by atoms with van der Waals surface area (Å²) in [6.45, 7) is 3.70. The molecule has 0 unspecified atom stereocenters. The van der Waals surface area contributed by atoms with Crippen molar-refractivity contribution in [3.8, 4) is 17.9 Å². The van der Waals surface area contributed by atoms with Crippen molar-refractivity contribution in [1.29, 1.82) is 5.26 Å². The molecule has 1 saturated heterocycles. The fraction of sp³-hybridized carbons (Fsp3) is 0.440. The van der Waals surface area contributed by atoms with E-state index in [9.17, 15) is 9.90 Å². The van der Waals surface area contributed by atoms with Gasteiger partial charge in [0.25, 0.3) is 5.91 Å². The number of unbranched alkanes of at least 4 members (excludes halogenated alkanes) is 1. The summed E-state index contributed by atoms with van der Waals surface area (Å²) in [5.41, 5.74) is 0.414. The van der Waals surface area contributed by atoms with Gasteiger partial charge in [0, 0.05) is 25.2 Å². The minimum Gasteiger partial charge on any atom is -0.369 e. The quantitative estimate of drug-likeness (QED) is 0.250. The smallest absolute Gasteiger partial charge is 0.266 e. The first-order valence-corrected chi connectivity index (χ1v) is 11.9. The SMILES string of the molecule is [B]N1CCCC[C@@]1(O)C(=O)NCCCC#Cc1cnc(Nc2ccc(C#N)cc2)nc1NCCC. The van der Waals surface area contributed by atoms with E-state index in [4.69, 9.17) is 13.2 Å². The Kier molecular flexibility index (Phi) is 9.48. The predicted molar refractivity (Wildman–Crippen MR) is 136 cm³/mol. The Balaban J connectivity index is 1.55. The maximum Gasteiger partial charge on any atom is 0.266 e. The summed E-state index contributed by atoms with van der Waals surface area (Å²) in [6, 6.07) is 9.13. The first kappa shape index (κ1) is 26.0. The van der Waals surface area contributed by atoms with Crippen molar-refractivity contribution < 1.29 is 9.90 Å². The van der Waals surface area contributed by atoms with Crippen LogP contribution in [0.3, 0.4) is 0 Å². The highest BCUT2D eigenvalue weighted by molar-refractivity contribution is 6.07. The molecule has 0 aliphatic carbocycles. The molecule has 2 aromatic rings. The fourth-order valence-corrected chi connectivity index (χ4v) is 3.57. The normalized spacial score (nSPS) is 17.5. The summed E-state index contributed by atoms with van der Waals surface area (Å²) in [7, 11) is 5.81. The van der Waals surface area contributed by atoms with E-state index in [1.54, 1.807) is 30.5 Å². The number of carbonyl (C=O) groups is 1. The molecule has 1 aromatic heterocycles. The highest BCUT2D eigenvalue weighted by Crippen LogP contribution is 2.24. The Morgan fingerprint density at radius 2 is 2.09 bits per heavy atom. The van der Waals surface area contributed by atoms with Gasteiger partial charge in [-0.1, -0.05) is 18.8 Å². The number of aromatic nitrogens is 2. The third kappa shape index (κ3) is 7.19. The Bertz CT molecular complexity index is 1110. The number of benzene rings is 1. The van der Waals surface area contributed by atoms with Crippen LogP contribution in [0.1, 0.15) is 56.6 Å². The van der Waals surface area contributed by atoms with Crippen molar-refractivity contribution >= 4 is 31.3 Å². The molecule has 4 N–H and O–H groups in total. The zero-order valence-corrected chi connectivity index (χ0v) is 20.0. The number of hydrogen-bond acceptors (Lipinski definition) is 8. The number of aliphatic hydroxyl groups is 1. The third-order valence-electron chi connectivity index (χ3n) is 5.60. The van der Waals surface area contributed by atoms with Gasteiger partial charge in [-0.3, -0.25) is 4.79 Å². The number of hydrogen-bond donors (Lipinski definition) is 4. The molecular weight excluding hydrogens is 441 g/mol. The van der Waals surface area contributed by atoms with Crippen LogP contribution in [0.25, 0.3) is 0 Å². The molecule has 1 aliphatic heterocycles. The lowest BCUT2D eigenvalue weighted by Gasteiger charge is -2.40. The van der Waals surface area contributed by atoms with Crippen LogP contribution in [0.4, 0.5) is 17.5 Å². The Morgan fingerprint density at radius 3 is 2.80 bits per heavy atom. The predicted octanol–water partition coefficient (Wildman–Crippen LogP) is 2.42. The van der Waals surface area contributed by atoms with Gasteiger partial charge in [0.15, 0.2) is 13.7 Å². The van der Waals surface area contributed by atoms with Crippen molar-refractivity contribution in [2.75, 3.05) is 30.3 Å². The minimum absolute atomic E-state index is 0.332. The lowest BCUT2D eigenvalue weighted by molar-refractivity contribution is -0.158. The fourth-order valence-electron chi connectivity index (χ4n) is 3.57. The van der Waals surface area contributed by atoms with Crippen LogP contribution in [-0.2, 0) is 4.79 Å². The molecule has 1 amide bonds. The van der Waals surface area contributed by atoms with Gasteiger partial charge in [0.2, 0.25) is 5.95 Å². The van der Waals surface area contributed by atoms with Crippen molar-refractivity contribution in [3.05, 3.63) is 41.6 Å². The molecular formula is C25H30BN7O2. The van der Waals surface area contributed by atoms with Crippen LogP contribution in [0.15, 0.2) is 30.5 Å². The molecule has 1 aliphatic rings. The summed E-state index contributed by atoms with van der Waals surface area (Å²) in [5, 5.41) is 28.6. The molecule has 1 aromatic carbocycles. The molecule has 2 heterocycles. The van der Waals surface area contributed by atoms with Gasteiger partial charge in [-0.05, 0) is 62.9 Å². The van der Waals surface area contributed by atoms with E-state index in [0.29, 0.717) is 55.2 Å². The topological polar surface area (TPSA) is 126 Å². The molecule has 2 radical (unpaired) electrons.